The van der Waals surface area contributed by atoms with Crippen molar-refractivity contribution in [3.8, 4) is 11.5 Å². The fourth-order valence-corrected chi connectivity index (χ4v) is 2.60. The average molecular weight is 399 g/mol. The monoisotopic (exact) mass is 399 g/mol. The van der Waals surface area contributed by atoms with Crippen molar-refractivity contribution in [2.75, 3.05) is 31.5 Å². The first-order valence-electron chi connectivity index (χ1n) is 8.10. The number of thioether (sulfide) groups is 1. The third kappa shape index (κ3) is 7.26. The highest BCUT2D eigenvalue weighted by Crippen LogP contribution is 2.29. The Bertz CT molecular complexity index is 670. The number of carbonyl (C=O) groups excluding carboxylic acids is 3. The predicted octanol–water partition coefficient (Wildman–Crippen LogP) is 1.36. The molecule has 0 saturated carbocycles. The molecule has 0 spiro atoms. The number of primary amides is 1. The molecule has 0 aliphatic carbocycles. The molecule has 3 amide bonds. The van der Waals surface area contributed by atoms with Gasteiger partial charge in [-0.2, -0.15) is 11.8 Å². The van der Waals surface area contributed by atoms with Crippen molar-refractivity contribution in [1.29, 1.82) is 0 Å². The van der Waals surface area contributed by atoms with Gasteiger partial charge >= 0.3 is 12.0 Å². The number of amides is 3. The summed E-state index contributed by atoms with van der Waals surface area (Å²) in [5, 5.41) is 4.95. The van der Waals surface area contributed by atoms with Crippen LogP contribution in [0.1, 0.15) is 13.3 Å². The number of hydrogen-bond acceptors (Lipinski definition) is 7. The maximum Gasteiger partial charge on any atom is 0.329 e. The molecule has 0 aliphatic rings. The van der Waals surface area contributed by atoms with E-state index in [4.69, 9.17) is 19.9 Å². The molecule has 0 radical (unpaired) electrons. The summed E-state index contributed by atoms with van der Waals surface area (Å²) in [6, 6.07) is 3.11. The normalized spacial score (nSPS) is 12.4. The van der Waals surface area contributed by atoms with E-state index in [2.05, 4.69) is 10.6 Å². The summed E-state index contributed by atoms with van der Waals surface area (Å²) in [5.74, 6) is 0.328. The largest absolute Gasteiger partial charge is 0.493 e. The summed E-state index contributed by atoms with van der Waals surface area (Å²) in [7, 11) is 2.99. The first-order valence-corrected chi connectivity index (χ1v) is 9.50. The lowest BCUT2D eigenvalue weighted by molar-refractivity contribution is -0.155. The Hall–Kier alpha value is -2.62. The zero-order chi connectivity index (χ0) is 20.4. The van der Waals surface area contributed by atoms with Crippen LogP contribution in [0.4, 0.5) is 10.5 Å². The SMILES string of the molecule is COc1ccc(NC(=O)[C@H](C)OC(=O)[C@H](CCSC)NC(N)=O)cc1OC. The quantitative estimate of drug-likeness (QED) is 0.507. The minimum Gasteiger partial charge on any atom is -0.493 e. The molecule has 0 heterocycles. The van der Waals surface area contributed by atoms with E-state index in [0.717, 1.165) is 0 Å². The first-order chi connectivity index (χ1) is 12.8. The van der Waals surface area contributed by atoms with Crippen LogP contribution in [-0.4, -0.2) is 56.3 Å². The number of methoxy groups -OCH3 is 2. The van der Waals surface area contributed by atoms with Gasteiger partial charge in [0.2, 0.25) is 0 Å². The highest BCUT2D eigenvalue weighted by atomic mass is 32.2. The van der Waals surface area contributed by atoms with Gasteiger partial charge in [0.25, 0.3) is 5.91 Å². The molecule has 0 unspecified atom stereocenters. The molecule has 4 N–H and O–H groups in total. The van der Waals surface area contributed by atoms with Crippen LogP contribution in [0.5, 0.6) is 11.5 Å². The van der Waals surface area contributed by atoms with Gasteiger partial charge in [0.1, 0.15) is 6.04 Å². The first kappa shape index (κ1) is 22.4. The van der Waals surface area contributed by atoms with Crippen LogP contribution in [-0.2, 0) is 14.3 Å². The maximum absolute atomic E-state index is 12.3. The van der Waals surface area contributed by atoms with Crippen LogP contribution >= 0.6 is 11.8 Å². The molecule has 1 aromatic carbocycles. The van der Waals surface area contributed by atoms with Gasteiger partial charge in [0, 0.05) is 11.8 Å². The zero-order valence-corrected chi connectivity index (χ0v) is 16.6. The third-order valence-electron chi connectivity index (χ3n) is 3.52. The zero-order valence-electron chi connectivity index (χ0n) is 15.7. The van der Waals surface area contributed by atoms with Crippen LogP contribution in [0.3, 0.4) is 0 Å². The fourth-order valence-electron chi connectivity index (χ4n) is 2.12. The van der Waals surface area contributed by atoms with Crippen molar-refractivity contribution in [1.82, 2.24) is 5.32 Å². The molecule has 1 rings (SSSR count). The Labute approximate surface area is 162 Å². The molecule has 0 aromatic heterocycles. The van der Waals surface area contributed by atoms with E-state index in [-0.39, 0.29) is 0 Å². The molecule has 1 aromatic rings. The molecule has 0 bridgehead atoms. The average Bonchev–Trinajstić information content (AvgIpc) is 2.64. The summed E-state index contributed by atoms with van der Waals surface area (Å²) in [4.78, 5) is 35.5. The highest BCUT2D eigenvalue weighted by molar-refractivity contribution is 7.98. The van der Waals surface area contributed by atoms with Gasteiger partial charge in [-0.15, -0.1) is 0 Å². The third-order valence-corrected chi connectivity index (χ3v) is 4.17. The van der Waals surface area contributed by atoms with E-state index in [0.29, 0.717) is 29.4 Å². The summed E-state index contributed by atoms with van der Waals surface area (Å²) < 4.78 is 15.5. The Morgan fingerprint density at radius 1 is 1.19 bits per heavy atom. The van der Waals surface area contributed by atoms with Crippen LogP contribution in [0.25, 0.3) is 0 Å². The van der Waals surface area contributed by atoms with E-state index in [1.165, 1.54) is 32.9 Å². The number of esters is 1. The lowest BCUT2D eigenvalue weighted by Crippen LogP contribution is -2.46. The minimum atomic E-state index is -1.07. The smallest absolute Gasteiger partial charge is 0.329 e. The number of benzene rings is 1. The lowest BCUT2D eigenvalue weighted by Gasteiger charge is -2.19. The van der Waals surface area contributed by atoms with Crippen molar-refractivity contribution in [3.63, 3.8) is 0 Å². The molecule has 9 nitrogen and oxygen atoms in total. The number of ether oxygens (including phenoxy) is 3. The number of nitrogens with two attached hydrogens (primary N) is 1. The second-order valence-corrected chi connectivity index (χ2v) is 6.47. The molecule has 0 aliphatic heterocycles. The molecule has 2 atom stereocenters. The van der Waals surface area contributed by atoms with Gasteiger partial charge in [0.05, 0.1) is 14.2 Å². The summed E-state index contributed by atoms with van der Waals surface area (Å²) in [6.45, 7) is 1.43. The molecule has 27 heavy (non-hydrogen) atoms. The van der Waals surface area contributed by atoms with E-state index >= 15 is 0 Å². The predicted molar refractivity (Wildman–Crippen MR) is 103 cm³/mol. The molecule has 10 heteroatoms. The number of carbonyl (C=O) groups is 3. The maximum atomic E-state index is 12.3. The van der Waals surface area contributed by atoms with E-state index in [1.807, 2.05) is 6.26 Å². The molecular weight excluding hydrogens is 374 g/mol. The van der Waals surface area contributed by atoms with Gasteiger partial charge in [-0.3, -0.25) is 4.79 Å². The standard InChI is InChI=1S/C17H25N3O6S/c1-10(26-16(22)12(7-8-27-4)20-17(18)23)15(21)19-11-5-6-13(24-2)14(9-11)25-3/h5-6,9-10,12H,7-8H2,1-4H3,(H,19,21)(H3,18,20,23)/t10-,12-/m0/s1. The Morgan fingerprint density at radius 3 is 2.41 bits per heavy atom. The lowest BCUT2D eigenvalue weighted by atomic mass is 10.2. The van der Waals surface area contributed by atoms with E-state index in [9.17, 15) is 14.4 Å². The van der Waals surface area contributed by atoms with Crippen molar-refractivity contribution >= 4 is 35.4 Å². The Balaban J connectivity index is 2.71. The summed E-state index contributed by atoms with van der Waals surface area (Å²) >= 11 is 1.51. The Morgan fingerprint density at radius 2 is 1.85 bits per heavy atom. The topological polar surface area (TPSA) is 129 Å². The van der Waals surface area contributed by atoms with Gasteiger partial charge < -0.3 is 30.6 Å². The van der Waals surface area contributed by atoms with Crippen molar-refractivity contribution < 1.29 is 28.6 Å². The summed E-state index contributed by atoms with van der Waals surface area (Å²) in [6.07, 6.45) is 1.13. The Kier molecular flexibility index (Phi) is 9.27. The fraction of sp³-hybridized carbons (Fsp3) is 0.471. The van der Waals surface area contributed by atoms with Crippen molar-refractivity contribution in [2.24, 2.45) is 5.73 Å². The highest BCUT2D eigenvalue weighted by Gasteiger charge is 2.25. The number of urea groups is 1. The number of anilines is 1. The van der Waals surface area contributed by atoms with E-state index < -0.39 is 30.1 Å². The second kappa shape index (κ2) is 11.2. The van der Waals surface area contributed by atoms with Gasteiger partial charge in [-0.05, 0) is 37.5 Å². The summed E-state index contributed by atoms with van der Waals surface area (Å²) in [5.41, 5.74) is 5.53. The number of hydrogen-bond donors (Lipinski definition) is 3. The minimum absolute atomic E-state index is 0.340. The van der Waals surface area contributed by atoms with Crippen LogP contribution in [0.15, 0.2) is 18.2 Å². The number of nitrogens with one attached hydrogen (secondary N) is 2. The van der Waals surface area contributed by atoms with Gasteiger partial charge in [0.15, 0.2) is 17.6 Å². The van der Waals surface area contributed by atoms with Crippen LogP contribution in [0, 0.1) is 0 Å². The molecular formula is C17H25N3O6S. The number of rotatable bonds is 10. The second-order valence-electron chi connectivity index (χ2n) is 5.48. The van der Waals surface area contributed by atoms with Gasteiger partial charge in [-0.1, -0.05) is 0 Å². The van der Waals surface area contributed by atoms with Crippen molar-refractivity contribution in [3.05, 3.63) is 18.2 Å². The van der Waals surface area contributed by atoms with Crippen LogP contribution in [0.2, 0.25) is 0 Å². The van der Waals surface area contributed by atoms with Crippen LogP contribution < -0.4 is 25.8 Å². The van der Waals surface area contributed by atoms with E-state index in [1.54, 1.807) is 18.2 Å². The van der Waals surface area contributed by atoms with Crippen molar-refractivity contribution in [2.45, 2.75) is 25.5 Å². The molecule has 150 valence electrons. The van der Waals surface area contributed by atoms with Gasteiger partial charge in [-0.25, -0.2) is 9.59 Å². The molecule has 0 fully saturated rings. The molecule has 0 saturated heterocycles.